The number of anilines is 1. The summed E-state index contributed by atoms with van der Waals surface area (Å²) < 4.78 is 7.42. The molecule has 1 aromatic carbocycles. The molecular weight excluding hydrogens is 362 g/mol. The second-order valence-electron chi connectivity index (χ2n) is 3.72. The van der Waals surface area contributed by atoms with Gasteiger partial charge in [-0.15, -0.1) is 0 Å². The van der Waals surface area contributed by atoms with Crippen LogP contribution in [0, 0.1) is 0 Å². The molecule has 0 fully saturated rings. The minimum absolute atomic E-state index is 0.460. The molecule has 0 saturated carbocycles. The van der Waals surface area contributed by atoms with Crippen molar-refractivity contribution in [2.45, 2.75) is 0 Å². The lowest BCUT2D eigenvalue weighted by molar-refractivity contribution is 0.618. The van der Waals surface area contributed by atoms with Gasteiger partial charge in [-0.2, -0.15) is 0 Å². The Morgan fingerprint density at radius 2 is 1.94 bits per heavy atom. The second-order valence-corrected chi connectivity index (χ2v) is 5.56. The quantitative estimate of drug-likeness (QED) is 0.659. The second kappa shape index (κ2) is 4.37. The Labute approximate surface area is 119 Å². The Morgan fingerprint density at radius 3 is 2.67 bits per heavy atom. The van der Waals surface area contributed by atoms with Crippen molar-refractivity contribution in [2.75, 3.05) is 5.73 Å². The molecule has 2 N–H and O–H groups in total. The molecule has 3 aromatic rings. The summed E-state index contributed by atoms with van der Waals surface area (Å²) >= 11 is 6.71. The van der Waals surface area contributed by atoms with Crippen LogP contribution in [0.3, 0.4) is 0 Å². The van der Waals surface area contributed by atoms with E-state index in [4.69, 9.17) is 10.2 Å². The van der Waals surface area contributed by atoms with Crippen molar-refractivity contribution in [2.24, 2.45) is 0 Å². The number of pyridine rings is 1. The van der Waals surface area contributed by atoms with Crippen molar-refractivity contribution < 1.29 is 4.42 Å². The van der Waals surface area contributed by atoms with E-state index in [1.54, 1.807) is 12.3 Å². The Balaban J connectivity index is 2.19. The third-order valence-electron chi connectivity index (χ3n) is 2.43. The zero-order chi connectivity index (χ0) is 12.7. The monoisotopic (exact) mass is 367 g/mol. The summed E-state index contributed by atoms with van der Waals surface area (Å²) in [5.41, 5.74) is 8.39. The lowest BCUT2D eigenvalue weighted by atomic mass is 10.3. The van der Waals surface area contributed by atoms with Crippen LogP contribution < -0.4 is 5.73 Å². The SMILES string of the molecule is Nc1cc(Br)cc2nc(-c3ccc(Br)cn3)oc12. The van der Waals surface area contributed by atoms with Gasteiger partial charge in [-0.3, -0.25) is 4.98 Å². The molecule has 6 heteroatoms. The topological polar surface area (TPSA) is 64.9 Å². The van der Waals surface area contributed by atoms with E-state index in [1.165, 1.54) is 0 Å². The van der Waals surface area contributed by atoms with Crippen molar-refractivity contribution in [3.63, 3.8) is 0 Å². The van der Waals surface area contributed by atoms with Crippen LogP contribution in [0.1, 0.15) is 0 Å². The van der Waals surface area contributed by atoms with Crippen LogP contribution in [0.25, 0.3) is 22.7 Å². The van der Waals surface area contributed by atoms with Gasteiger partial charge in [0.2, 0.25) is 5.89 Å². The van der Waals surface area contributed by atoms with E-state index in [9.17, 15) is 0 Å². The molecule has 0 aliphatic rings. The third-order valence-corrected chi connectivity index (χ3v) is 3.36. The van der Waals surface area contributed by atoms with E-state index in [0.29, 0.717) is 28.4 Å². The third kappa shape index (κ3) is 2.02. The summed E-state index contributed by atoms with van der Waals surface area (Å²) in [6, 6.07) is 7.36. The van der Waals surface area contributed by atoms with Crippen LogP contribution >= 0.6 is 31.9 Å². The molecule has 0 unspecified atom stereocenters. The predicted molar refractivity (Wildman–Crippen MR) is 77.1 cm³/mol. The molecule has 0 aliphatic heterocycles. The van der Waals surface area contributed by atoms with Gasteiger partial charge in [0.15, 0.2) is 5.58 Å². The van der Waals surface area contributed by atoms with Gasteiger partial charge in [-0.05, 0) is 40.2 Å². The Bertz CT molecular complexity index is 722. The molecule has 0 amide bonds. The standard InChI is InChI=1S/C12H7Br2N3O/c13-6-1-2-9(16-5-6)12-17-10-4-7(14)3-8(15)11(10)18-12/h1-5H,15H2. The van der Waals surface area contributed by atoms with Crippen molar-refractivity contribution in [1.82, 2.24) is 9.97 Å². The number of nitrogens with two attached hydrogens (primary N) is 1. The van der Waals surface area contributed by atoms with Crippen LogP contribution in [0.5, 0.6) is 0 Å². The highest BCUT2D eigenvalue weighted by Gasteiger charge is 2.12. The van der Waals surface area contributed by atoms with Gasteiger partial charge in [-0.25, -0.2) is 4.98 Å². The predicted octanol–water partition coefficient (Wildman–Crippen LogP) is 4.00. The minimum atomic E-state index is 0.460. The summed E-state index contributed by atoms with van der Waals surface area (Å²) in [7, 11) is 0. The van der Waals surface area contributed by atoms with Gasteiger partial charge in [0.05, 0.1) is 5.69 Å². The normalized spacial score (nSPS) is 11.0. The number of halogens is 2. The van der Waals surface area contributed by atoms with E-state index in [0.717, 1.165) is 8.95 Å². The molecule has 0 spiro atoms. The van der Waals surface area contributed by atoms with Crippen LogP contribution in [0.2, 0.25) is 0 Å². The number of nitrogens with zero attached hydrogens (tertiary/aromatic N) is 2. The smallest absolute Gasteiger partial charge is 0.246 e. The number of nitrogen functional groups attached to an aromatic ring is 1. The van der Waals surface area contributed by atoms with Crippen LogP contribution in [-0.2, 0) is 0 Å². The first-order chi connectivity index (χ1) is 8.63. The first-order valence-corrected chi connectivity index (χ1v) is 6.69. The van der Waals surface area contributed by atoms with Gasteiger partial charge in [0, 0.05) is 15.1 Å². The fourth-order valence-electron chi connectivity index (χ4n) is 1.63. The Morgan fingerprint density at radius 1 is 1.11 bits per heavy atom. The lowest BCUT2D eigenvalue weighted by Gasteiger charge is -1.94. The Kier molecular flexibility index (Phi) is 2.83. The molecule has 0 bridgehead atoms. The maximum absolute atomic E-state index is 5.88. The van der Waals surface area contributed by atoms with Gasteiger partial charge in [0.1, 0.15) is 11.2 Å². The molecule has 18 heavy (non-hydrogen) atoms. The van der Waals surface area contributed by atoms with Gasteiger partial charge >= 0.3 is 0 Å². The number of rotatable bonds is 1. The Hall–Kier alpha value is -1.40. The molecule has 0 aliphatic carbocycles. The molecule has 90 valence electrons. The molecule has 0 saturated heterocycles. The van der Waals surface area contributed by atoms with Gasteiger partial charge in [-0.1, -0.05) is 15.9 Å². The van der Waals surface area contributed by atoms with E-state index in [1.807, 2.05) is 18.2 Å². The molecule has 2 heterocycles. The fourth-order valence-corrected chi connectivity index (χ4v) is 2.33. The highest BCUT2D eigenvalue weighted by atomic mass is 79.9. The molecule has 4 nitrogen and oxygen atoms in total. The lowest BCUT2D eigenvalue weighted by Crippen LogP contribution is -1.84. The number of aromatic nitrogens is 2. The fraction of sp³-hybridized carbons (Fsp3) is 0. The summed E-state index contributed by atoms with van der Waals surface area (Å²) in [5, 5.41) is 0. The largest absolute Gasteiger partial charge is 0.432 e. The zero-order valence-electron chi connectivity index (χ0n) is 9.02. The van der Waals surface area contributed by atoms with Crippen molar-refractivity contribution in [3.8, 4) is 11.6 Å². The number of fused-ring (bicyclic) bond motifs is 1. The molecule has 0 atom stereocenters. The average molecular weight is 369 g/mol. The van der Waals surface area contributed by atoms with E-state index < -0.39 is 0 Å². The molecule has 0 radical (unpaired) electrons. The first-order valence-electron chi connectivity index (χ1n) is 5.11. The number of oxazole rings is 1. The average Bonchev–Trinajstić information content (AvgIpc) is 2.74. The van der Waals surface area contributed by atoms with Crippen LogP contribution in [-0.4, -0.2) is 9.97 Å². The first kappa shape index (κ1) is 11.7. The summed E-state index contributed by atoms with van der Waals surface area (Å²) in [6.45, 7) is 0. The maximum Gasteiger partial charge on any atom is 0.246 e. The summed E-state index contributed by atoms with van der Waals surface area (Å²) in [4.78, 5) is 8.62. The van der Waals surface area contributed by atoms with Crippen LogP contribution in [0.15, 0.2) is 43.8 Å². The molecular formula is C12H7Br2N3O. The van der Waals surface area contributed by atoms with Crippen molar-refractivity contribution in [3.05, 3.63) is 39.4 Å². The van der Waals surface area contributed by atoms with E-state index >= 15 is 0 Å². The molecule has 3 rings (SSSR count). The van der Waals surface area contributed by atoms with E-state index in [2.05, 4.69) is 41.8 Å². The van der Waals surface area contributed by atoms with Gasteiger partial charge in [0.25, 0.3) is 0 Å². The minimum Gasteiger partial charge on any atom is -0.432 e. The number of hydrogen-bond acceptors (Lipinski definition) is 4. The molecule has 2 aromatic heterocycles. The summed E-state index contributed by atoms with van der Waals surface area (Å²) in [6.07, 6.45) is 1.70. The van der Waals surface area contributed by atoms with Gasteiger partial charge < -0.3 is 10.2 Å². The number of hydrogen-bond donors (Lipinski definition) is 1. The van der Waals surface area contributed by atoms with E-state index in [-0.39, 0.29) is 0 Å². The highest BCUT2D eigenvalue weighted by Crippen LogP contribution is 2.30. The highest BCUT2D eigenvalue weighted by molar-refractivity contribution is 9.10. The summed E-state index contributed by atoms with van der Waals surface area (Å²) in [5.74, 6) is 0.460. The zero-order valence-corrected chi connectivity index (χ0v) is 12.2. The van der Waals surface area contributed by atoms with Crippen LogP contribution in [0.4, 0.5) is 5.69 Å². The van der Waals surface area contributed by atoms with Crippen molar-refractivity contribution in [1.29, 1.82) is 0 Å². The number of benzene rings is 1. The van der Waals surface area contributed by atoms with Crippen molar-refractivity contribution >= 4 is 48.6 Å². The maximum atomic E-state index is 5.88.